The van der Waals surface area contributed by atoms with Crippen LogP contribution in [-0.2, 0) is 34.2 Å². The number of thiazole rings is 1. The van der Waals surface area contributed by atoms with Crippen LogP contribution in [0.3, 0.4) is 0 Å². The van der Waals surface area contributed by atoms with Crippen LogP contribution in [0.25, 0.3) is 0 Å². The lowest BCUT2D eigenvalue weighted by molar-refractivity contribution is -0.234. The zero-order valence-electron chi connectivity index (χ0n) is 20.6. The highest BCUT2D eigenvalue weighted by molar-refractivity contribution is 7.10. The normalized spacial score (nSPS) is 25.9. The van der Waals surface area contributed by atoms with Crippen LogP contribution < -0.4 is 0 Å². The third-order valence-corrected chi connectivity index (χ3v) is 7.01. The minimum Gasteiger partial charge on any atom is -0.461 e. The third kappa shape index (κ3) is 5.32. The summed E-state index contributed by atoms with van der Waals surface area (Å²) >= 11 is 1.17. The van der Waals surface area contributed by atoms with Gasteiger partial charge in [0.25, 0.3) is 0 Å². The van der Waals surface area contributed by atoms with Gasteiger partial charge >= 0.3 is 17.9 Å². The van der Waals surface area contributed by atoms with Crippen molar-refractivity contribution in [1.82, 2.24) is 4.98 Å². The maximum Gasteiger partial charge on any atom is 0.357 e. The first-order chi connectivity index (χ1) is 18.4. The van der Waals surface area contributed by atoms with E-state index in [4.69, 9.17) is 28.4 Å². The number of carbonyl (C=O) groups excluding carboxylic acids is 3. The average Bonchev–Trinajstić information content (AvgIpc) is 3.63. The van der Waals surface area contributed by atoms with Crippen molar-refractivity contribution in [3.8, 4) is 0 Å². The van der Waals surface area contributed by atoms with E-state index < -0.39 is 48.3 Å². The number of ether oxygens (including phenoxy) is 6. The first-order valence-electron chi connectivity index (χ1n) is 12.0. The number of benzene rings is 2. The molecule has 0 aliphatic carbocycles. The molecule has 0 amide bonds. The van der Waals surface area contributed by atoms with E-state index in [2.05, 4.69) is 4.98 Å². The summed E-state index contributed by atoms with van der Waals surface area (Å²) in [5.41, 5.74) is 0.859. The molecule has 2 aliphatic heterocycles. The number of rotatable bonds is 8. The molecule has 0 N–H and O–H groups in total. The van der Waals surface area contributed by atoms with E-state index in [-0.39, 0.29) is 18.9 Å². The molecule has 2 fully saturated rings. The standard InChI is InChI=1S/C27H25NO9S/c1-3-32-24(31)18-15-38-26(28-18)27(2)36-21-20(35-23(30)17-12-8-5-9-13-17)19(34-25(21)37-27)14-33-22(29)16-10-6-4-7-11-16/h4-13,15,19-21,25H,3,14H2,1-2H3/t19-,20+,21-,25-,27-/m1/s1. The van der Waals surface area contributed by atoms with Crippen LogP contribution in [0.2, 0.25) is 0 Å². The van der Waals surface area contributed by atoms with Crippen LogP contribution >= 0.6 is 11.3 Å². The molecule has 2 aliphatic rings. The number of hydrogen-bond donors (Lipinski definition) is 0. The lowest BCUT2D eigenvalue weighted by Gasteiger charge is -2.26. The Labute approximate surface area is 222 Å². The molecule has 0 radical (unpaired) electrons. The van der Waals surface area contributed by atoms with Gasteiger partial charge < -0.3 is 28.4 Å². The molecule has 5 rings (SSSR count). The molecule has 1 aromatic heterocycles. The summed E-state index contributed by atoms with van der Waals surface area (Å²) in [4.78, 5) is 41.8. The second-order valence-corrected chi connectivity index (χ2v) is 9.51. The van der Waals surface area contributed by atoms with E-state index in [0.29, 0.717) is 16.1 Å². The van der Waals surface area contributed by atoms with E-state index in [9.17, 15) is 14.4 Å². The Hall–Kier alpha value is -3.64. The Morgan fingerprint density at radius 1 is 0.921 bits per heavy atom. The van der Waals surface area contributed by atoms with Crippen molar-refractivity contribution in [1.29, 1.82) is 0 Å². The quantitative estimate of drug-likeness (QED) is 0.309. The molecule has 2 saturated heterocycles. The summed E-state index contributed by atoms with van der Waals surface area (Å²) in [7, 11) is 0. The second kappa shape index (κ2) is 11.0. The largest absolute Gasteiger partial charge is 0.461 e. The number of aromatic nitrogens is 1. The van der Waals surface area contributed by atoms with Crippen molar-refractivity contribution in [3.63, 3.8) is 0 Å². The summed E-state index contributed by atoms with van der Waals surface area (Å²) in [6.07, 6.45) is -3.59. The first-order valence-corrected chi connectivity index (χ1v) is 12.9. The van der Waals surface area contributed by atoms with E-state index >= 15 is 0 Å². The molecule has 0 unspecified atom stereocenters. The topological polar surface area (TPSA) is 119 Å². The Kier molecular flexibility index (Phi) is 7.52. The molecular weight excluding hydrogens is 514 g/mol. The van der Waals surface area contributed by atoms with Gasteiger partial charge in [0.05, 0.1) is 17.7 Å². The van der Waals surface area contributed by atoms with Crippen molar-refractivity contribution < 1.29 is 42.8 Å². The van der Waals surface area contributed by atoms with Crippen LogP contribution in [0, 0.1) is 0 Å². The monoisotopic (exact) mass is 539 g/mol. The lowest BCUT2D eigenvalue weighted by Crippen LogP contribution is -2.40. The summed E-state index contributed by atoms with van der Waals surface area (Å²) in [5.74, 6) is -3.05. The van der Waals surface area contributed by atoms with Crippen LogP contribution in [-0.4, -0.2) is 60.7 Å². The maximum absolute atomic E-state index is 12.9. The first kappa shape index (κ1) is 26.0. The summed E-state index contributed by atoms with van der Waals surface area (Å²) in [6, 6.07) is 17.0. The van der Waals surface area contributed by atoms with E-state index in [0.717, 1.165) is 0 Å². The minimum absolute atomic E-state index is 0.135. The van der Waals surface area contributed by atoms with Gasteiger partial charge in [-0.05, 0) is 38.1 Å². The third-order valence-electron chi connectivity index (χ3n) is 5.99. The molecule has 0 bridgehead atoms. The summed E-state index contributed by atoms with van der Waals surface area (Å²) in [6.45, 7) is 3.38. The van der Waals surface area contributed by atoms with Gasteiger partial charge in [-0.25, -0.2) is 19.4 Å². The van der Waals surface area contributed by atoms with Gasteiger partial charge in [-0.3, -0.25) is 0 Å². The summed E-state index contributed by atoms with van der Waals surface area (Å²) in [5, 5.41) is 1.93. The Morgan fingerprint density at radius 3 is 2.24 bits per heavy atom. The van der Waals surface area contributed by atoms with Gasteiger partial charge in [0.15, 0.2) is 29.2 Å². The van der Waals surface area contributed by atoms with Gasteiger partial charge in [0, 0.05) is 5.38 Å². The van der Waals surface area contributed by atoms with Crippen molar-refractivity contribution in [2.45, 2.75) is 44.2 Å². The van der Waals surface area contributed by atoms with Crippen molar-refractivity contribution >= 4 is 29.2 Å². The van der Waals surface area contributed by atoms with E-state index in [1.165, 1.54) is 11.3 Å². The lowest BCUT2D eigenvalue weighted by atomic mass is 10.1. The van der Waals surface area contributed by atoms with E-state index in [1.54, 1.807) is 79.9 Å². The van der Waals surface area contributed by atoms with Crippen LogP contribution in [0.15, 0.2) is 66.0 Å². The van der Waals surface area contributed by atoms with Crippen molar-refractivity contribution in [2.24, 2.45) is 0 Å². The van der Waals surface area contributed by atoms with Crippen LogP contribution in [0.1, 0.15) is 50.1 Å². The smallest absolute Gasteiger partial charge is 0.357 e. The van der Waals surface area contributed by atoms with E-state index in [1.807, 2.05) is 0 Å². The van der Waals surface area contributed by atoms with Gasteiger partial charge in [-0.2, -0.15) is 0 Å². The highest BCUT2D eigenvalue weighted by Gasteiger charge is 2.59. The molecule has 11 heteroatoms. The molecule has 0 saturated carbocycles. The van der Waals surface area contributed by atoms with Crippen LogP contribution in [0.4, 0.5) is 0 Å². The maximum atomic E-state index is 12.9. The highest BCUT2D eigenvalue weighted by Crippen LogP contribution is 2.45. The fraction of sp³-hybridized carbons (Fsp3) is 0.333. The highest BCUT2D eigenvalue weighted by atomic mass is 32.1. The number of esters is 3. The number of nitrogens with zero attached hydrogens (tertiary/aromatic N) is 1. The zero-order chi connectivity index (χ0) is 26.7. The van der Waals surface area contributed by atoms with Gasteiger partial charge in [-0.1, -0.05) is 36.4 Å². The molecule has 198 valence electrons. The molecular formula is C27H25NO9S. The Balaban J connectivity index is 1.33. The molecule has 0 spiro atoms. The predicted octanol–water partition coefficient (Wildman–Crippen LogP) is 3.72. The number of fused-ring (bicyclic) bond motifs is 1. The molecule has 2 aromatic carbocycles. The Bertz CT molecular complexity index is 1300. The van der Waals surface area contributed by atoms with Crippen molar-refractivity contribution in [2.75, 3.05) is 13.2 Å². The SMILES string of the molecule is CCOC(=O)c1csc([C@@]2(C)O[C@H]3O[C@H](COC(=O)c4ccccc4)[C@H](OC(=O)c4ccccc4)[C@H]3O2)n1. The predicted molar refractivity (Wildman–Crippen MR) is 132 cm³/mol. The van der Waals surface area contributed by atoms with Crippen LogP contribution in [0.5, 0.6) is 0 Å². The molecule has 10 nitrogen and oxygen atoms in total. The zero-order valence-corrected chi connectivity index (χ0v) is 21.4. The molecule has 38 heavy (non-hydrogen) atoms. The Morgan fingerprint density at radius 2 is 1.58 bits per heavy atom. The number of hydrogen-bond acceptors (Lipinski definition) is 11. The molecule has 3 heterocycles. The second-order valence-electron chi connectivity index (χ2n) is 8.65. The average molecular weight is 540 g/mol. The van der Waals surface area contributed by atoms with Gasteiger partial charge in [0.2, 0.25) is 5.79 Å². The number of carbonyl (C=O) groups is 3. The molecule has 5 atom stereocenters. The fourth-order valence-electron chi connectivity index (χ4n) is 4.16. The summed E-state index contributed by atoms with van der Waals surface area (Å²) < 4.78 is 34.6. The van der Waals surface area contributed by atoms with Gasteiger partial charge in [-0.15, -0.1) is 11.3 Å². The molecule has 3 aromatic rings. The fourth-order valence-corrected chi connectivity index (χ4v) is 4.99. The van der Waals surface area contributed by atoms with Gasteiger partial charge in [0.1, 0.15) is 12.7 Å². The van der Waals surface area contributed by atoms with Crippen molar-refractivity contribution in [3.05, 3.63) is 87.9 Å². The minimum atomic E-state index is -1.37.